The molecule has 1 heteroatoms. The minimum atomic E-state index is 0.345. The number of aryl methyl sites for hydroxylation is 1. The van der Waals surface area contributed by atoms with Gasteiger partial charge in [0.1, 0.15) is 0 Å². The van der Waals surface area contributed by atoms with Gasteiger partial charge in [-0.25, -0.2) is 0 Å². The summed E-state index contributed by atoms with van der Waals surface area (Å²) in [6.07, 6.45) is 7.22. The van der Waals surface area contributed by atoms with Crippen LogP contribution < -0.4 is 0 Å². The van der Waals surface area contributed by atoms with Crippen LogP contribution in [0.25, 0.3) is 0 Å². The molecule has 1 nitrogen and oxygen atoms in total. The molecule has 1 saturated carbocycles. The summed E-state index contributed by atoms with van der Waals surface area (Å²) in [5.74, 6) is 0.981. The minimum absolute atomic E-state index is 0.345. The Hall–Kier alpha value is -1.11. The van der Waals surface area contributed by atoms with Crippen molar-refractivity contribution in [3.63, 3.8) is 0 Å². The fourth-order valence-corrected chi connectivity index (χ4v) is 2.82. The van der Waals surface area contributed by atoms with Crippen LogP contribution in [0.3, 0.4) is 0 Å². The number of Topliss-reactive ketones (excluding diaryl/α,β-unsaturated/α-hetero) is 1. The molecule has 0 heterocycles. The smallest absolute Gasteiger partial charge is 0.163 e. The van der Waals surface area contributed by atoms with E-state index in [4.69, 9.17) is 0 Å². The predicted octanol–water partition coefficient (Wildman–Crippen LogP) is 4.46. The van der Waals surface area contributed by atoms with Crippen molar-refractivity contribution in [2.75, 3.05) is 0 Å². The van der Waals surface area contributed by atoms with Gasteiger partial charge in [-0.2, -0.15) is 0 Å². The molecule has 0 atom stereocenters. The van der Waals surface area contributed by atoms with E-state index in [1.54, 1.807) is 0 Å². The fourth-order valence-electron chi connectivity index (χ4n) is 2.82. The first kappa shape index (κ1) is 12.3. The van der Waals surface area contributed by atoms with Crippen LogP contribution in [-0.2, 0) is 0 Å². The molecule has 1 aliphatic rings. The summed E-state index contributed by atoms with van der Waals surface area (Å²) in [7, 11) is 0. The van der Waals surface area contributed by atoms with Gasteiger partial charge < -0.3 is 0 Å². The molecule has 0 spiro atoms. The lowest BCUT2D eigenvalue weighted by atomic mass is 9.84. The van der Waals surface area contributed by atoms with Gasteiger partial charge in [-0.05, 0) is 30.9 Å². The largest absolute Gasteiger partial charge is 0.294 e. The first-order chi connectivity index (χ1) is 8.18. The lowest BCUT2D eigenvalue weighted by Gasteiger charge is -2.21. The third-order valence-electron chi connectivity index (χ3n) is 4.10. The molecule has 1 aliphatic carbocycles. The van der Waals surface area contributed by atoms with Gasteiger partial charge in [0.05, 0.1) is 0 Å². The van der Waals surface area contributed by atoms with E-state index in [-0.39, 0.29) is 0 Å². The summed E-state index contributed by atoms with van der Waals surface area (Å²) < 4.78 is 0. The van der Waals surface area contributed by atoms with E-state index >= 15 is 0 Å². The van der Waals surface area contributed by atoms with E-state index in [2.05, 4.69) is 19.9 Å². The van der Waals surface area contributed by atoms with Crippen LogP contribution in [0.2, 0.25) is 0 Å². The van der Waals surface area contributed by atoms with Crippen molar-refractivity contribution in [3.05, 3.63) is 34.9 Å². The van der Waals surface area contributed by atoms with Crippen molar-refractivity contribution in [1.82, 2.24) is 0 Å². The molecule has 17 heavy (non-hydrogen) atoms. The van der Waals surface area contributed by atoms with Crippen molar-refractivity contribution in [2.45, 2.75) is 52.4 Å². The van der Waals surface area contributed by atoms with E-state index < -0.39 is 0 Å². The van der Waals surface area contributed by atoms with E-state index in [1.807, 2.05) is 12.1 Å². The second kappa shape index (κ2) is 5.48. The topological polar surface area (TPSA) is 17.1 Å². The summed E-state index contributed by atoms with van der Waals surface area (Å²) >= 11 is 0. The predicted molar refractivity (Wildman–Crippen MR) is 71.4 cm³/mol. The summed E-state index contributed by atoms with van der Waals surface area (Å²) in [4.78, 5) is 12.3. The number of hydrogen-bond donors (Lipinski definition) is 0. The zero-order chi connectivity index (χ0) is 12.3. The minimum Gasteiger partial charge on any atom is -0.294 e. The normalized spacial score (nSPS) is 17.1. The fraction of sp³-hybridized carbons (Fsp3) is 0.562. The van der Waals surface area contributed by atoms with Gasteiger partial charge in [0.15, 0.2) is 5.78 Å². The molecular formula is C16H22O. The van der Waals surface area contributed by atoms with E-state index in [0.29, 0.717) is 11.7 Å². The zero-order valence-corrected chi connectivity index (χ0v) is 11.0. The molecule has 0 aliphatic heterocycles. The van der Waals surface area contributed by atoms with Gasteiger partial charge in [-0.1, -0.05) is 50.3 Å². The maximum atomic E-state index is 12.3. The molecular weight excluding hydrogens is 208 g/mol. The average Bonchev–Trinajstić information content (AvgIpc) is 2.34. The van der Waals surface area contributed by atoms with E-state index in [9.17, 15) is 4.79 Å². The molecule has 0 saturated heterocycles. The number of ketones is 1. The SMILES string of the molecule is Cc1cccc(C(=O)CC2CCCCC2)c1C. The number of benzene rings is 1. The van der Waals surface area contributed by atoms with Gasteiger partial charge in [-0.15, -0.1) is 0 Å². The van der Waals surface area contributed by atoms with Crippen molar-refractivity contribution in [1.29, 1.82) is 0 Å². The van der Waals surface area contributed by atoms with Crippen LogP contribution >= 0.6 is 0 Å². The highest BCUT2D eigenvalue weighted by atomic mass is 16.1. The van der Waals surface area contributed by atoms with Crippen LogP contribution in [0.5, 0.6) is 0 Å². The second-order valence-electron chi connectivity index (χ2n) is 5.38. The van der Waals surface area contributed by atoms with Crippen molar-refractivity contribution < 1.29 is 4.79 Å². The highest BCUT2D eigenvalue weighted by Crippen LogP contribution is 2.28. The summed E-state index contributed by atoms with van der Waals surface area (Å²) in [5, 5.41) is 0. The molecule has 1 aromatic rings. The van der Waals surface area contributed by atoms with E-state index in [1.165, 1.54) is 37.7 Å². The van der Waals surface area contributed by atoms with Crippen molar-refractivity contribution in [3.8, 4) is 0 Å². The van der Waals surface area contributed by atoms with Crippen molar-refractivity contribution >= 4 is 5.78 Å². The van der Waals surface area contributed by atoms with Gasteiger partial charge >= 0.3 is 0 Å². The molecule has 0 amide bonds. The highest BCUT2D eigenvalue weighted by molar-refractivity contribution is 5.97. The lowest BCUT2D eigenvalue weighted by molar-refractivity contribution is 0.0949. The Kier molecular flexibility index (Phi) is 3.98. The Morgan fingerprint density at radius 3 is 2.59 bits per heavy atom. The lowest BCUT2D eigenvalue weighted by Crippen LogP contribution is -2.13. The Morgan fingerprint density at radius 1 is 1.18 bits per heavy atom. The molecule has 92 valence electrons. The number of carbonyl (C=O) groups is 1. The monoisotopic (exact) mass is 230 g/mol. The van der Waals surface area contributed by atoms with Gasteiger partial charge in [0.25, 0.3) is 0 Å². The average molecular weight is 230 g/mol. The molecule has 0 aromatic heterocycles. The second-order valence-corrected chi connectivity index (χ2v) is 5.38. The third-order valence-corrected chi connectivity index (χ3v) is 4.10. The van der Waals surface area contributed by atoms with Crippen LogP contribution in [-0.4, -0.2) is 5.78 Å². The first-order valence-electron chi connectivity index (χ1n) is 6.78. The zero-order valence-electron chi connectivity index (χ0n) is 11.0. The molecule has 0 N–H and O–H groups in total. The van der Waals surface area contributed by atoms with Gasteiger partial charge in [-0.3, -0.25) is 4.79 Å². The molecule has 0 radical (unpaired) electrons. The van der Waals surface area contributed by atoms with Crippen LogP contribution in [0.1, 0.15) is 60.0 Å². The van der Waals surface area contributed by atoms with Gasteiger partial charge in [0.2, 0.25) is 0 Å². The van der Waals surface area contributed by atoms with Crippen LogP contribution in [0, 0.1) is 19.8 Å². The molecule has 1 aromatic carbocycles. The molecule has 1 fully saturated rings. The standard InChI is InChI=1S/C16H22O/c1-12-7-6-10-15(13(12)2)16(17)11-14-8-4-3-5-9-14/h6-7,10,14H,3-5,8-9,11H2,1-2H3. The first-order valence-corrected chi connectivity index (χ1v) is 6.78. The van der Waals surface area contributed by atoms with Crippen molar-refractivity contribution in [2.24, 2.45) is 5.92 Å². The third kappa shape index (κ3) is 2.96. The Balaban J connectivity index is 2.06. The number of rotatable bonds is 3. The maximum Gasteiger partial charge on any atom is 0.163 e. The highest BCUT2D eigenvalue weighted by Gasteiger charge is 2.19. The van der Waals surface area contributed by atoms with Crippen LogP contribution in [0.15, 0.2) is 18.2 Å². The molecule has 2 rings (SSSR count). The van der Waals surface area contributed by atoms with Crippen LogP contribution in [0.4, 0.5) is 0 Å². The Bertz CT molecular complexity index is 400. The Labute approximate surface area is 104 Å². The maximum absolute atomic E-state index is 12.3. The quantitative estimate of drug-likeness (QED) is 0.701. The number of carbonyl (C=O) groups excluding carboxylic acids is 1. The molecule has 0 bridgehead atoms. The number of hydrogen-bond acceptors (Lipinski definition) is 1. The molecule has 0 unspecified atom stereocenters. The summed E-state index contributed by atoms with van der Waals surface area (Å²) in [6, 6.07) is 6.05. The van der Waals surface area contributed by atoms with Gasteiger partial charge in [0, 0.05) is 12.0 Å². The van der Waals surface area contributed by atoms with E-state index in [0.717, 1.165) is 17.5 Å². The Morgan fingerprint density at radius 2 is 1.88 bits per heavy atom. The summed E-state index contributed by atoms with van der Waals surface area (Å²) in [5.41, 5.74) is 3.32. The summed E-state index contributed by atoms with van der Waals surface area (Å²) in [6.45, 7) is 4.14.